The molecule has 0 radical (unpaired) electrons. The fourth-order valence-corrected chi connectivity index (χ4v) is 2.81. The second-order valence-corrected chi connectivity index (χ2v) is 6.00. The first kappa shape index (κ1) is 13.3. The summed E-state index contributed by atoms with van der Waals surface area (Å²) in [5, 5.41) is 3.27. The summed E-state index contributed by atoms with van der Waals surface area (Å²) in [7, 11) is 4.32. The summed E-state index contributed by atoms with van der Waals surface area (Å²) in [6.45, 7) is 8.61. The predicted molar refractivity (Wildman–Crippen MR) is 70.4 cm³/mol. The molecular formula is C13H27N3O. The third-order valence-electron chi connectivity index (χ3n) is 3.90. The lowest BCUT2D eigenvalue weighted by Gasteiger charge is -2.39. The predicted octanol–water partition coefficient (Wildman–Crippen LogP) is 0.391. The van der Waals surface area contributed by atoms with E-state index in [1.807, 2.05) is 0 Å². The minimum atomic E-state index is 0.108. The van der Waals surface area contributed by atoms with E-state index in [9.17, 15) is 0 Å². The van der Waals surface area contributed by atoms with Crippen molar-refractivity contribution in [3.63, 3.8) is 0 Å². The first-order valence-electron chi connectivity index (χ1n) is 6.82. The first-order valence-corrected chi connectivity index (χ1v) is 6.82. The van der Waals surface area contributed by atoms with Gasteiger partial charge in [-0.3, -0.25) is 4.90 Å². The van der Waals surface area contributed by atoms with Crippen LogP contribution in [0.5, 0.6) is 0 Å². The van der Waals surface area contributed by atoms with Gasteiger partial charge in [-0.25, -0.2) is 0 Å². The number of ether oxygens (including phenoxy) is 1. The summed E-state index contributed by atoms with van der Waals surface area (Å²) in [6, 6.07) is 0.737. The molecule has 4 heteroatoms. The molecule has 0 saturated carbocycles. The average molecular weight is 241 g/mol. The Bertz CT molecular complexity index is 241. The van der Waals surface area contributed by atoms with Crippen LogP contribution in [0.1, 0.15) is 19.8 Å². The highest BCUT2D eigenvalue weighted by Crippen LogP contribution is 2.19. The van der Waals surface area contributed by atoms with E-state index in [0.717, 1.165) is 32.3 Å². The number of nitrogens with zero attached hydrogens (tertiary/aromatic N) is 2. The zero-order valence-corrected chi connectivity index (χ0v) is 11.5. The van der Waals surface area contributed by atoms with Crippen LogP contribution in [0.3, 0.4) is 0 Å². The van der Waals surface area contributed by atoms with Crippen molar-refractivity contribution >= 4 is 0 Å². The maximum Gasteiger partial charge on any atom is 0.0902 e. The van der Waals surface area contributed by atoms with E-state index in [-0.39, 0.29) is 5.60 Å². The molecule has 1 atom stereocenters. The molecular weight excluding hydrogens is 214 g/mol. The van der Waals surface area contributed by atoms with Crippen molar-refractivity contribution in [3.8, 4) is 0 Å². The molecule has 0 aromatic rings. The van der Waals surface area contributed by atoms with Gasteiger partial charge in [0, 0.05) is 32.2 Å². The van der Waals surface area contributed by atoms with Crippen molar-refractivity contribution in [3.05, 3.63) is 0 Å². The van der Waals surface area contributed by atoms with E-state index < -0.39 is 0 Å². The van der Waals surface area contributed by atoms with Gasteiger partial charge in [0.2, 0.25) is 0 Å². The highest BCUT2D eigenvalue weighted by Gasteiger charge is 2.33. The van der Waals surface area contributed by atoms with E-state index in [2.05, 4.69) is 36.1 Å². The summed E-state index contributed by atoms with van der Waals surface area (Å²) in [4.78, 5) is 4.89. The summed E-state index contributed by atoms with van der Waals surface area (Å²) in [5.74, 6) is 0. The zero-order valence-electron chi connectivity index (χ0n) is 11.5. The fraction of sp³-hybridized carbons (Fsp3) is 1.00. The maximum absolute atomic E-state index is 5.96. The van der Waals surface area contributed by atoms with E-state index >= 15 is 0 Å². The second-order valence-electron chi connectivity index (χ2n) is 6.00. The molecule has 2 aliphatic heterocycles. The lowest BCUT2D eigenvalue weighted by Crippen LogP contribution is -2.59. The standard InChI is InChI=1S/C13H27N3O/c1-13(10-14-11-13)17-8-7-16-6-4-5-12(16)9-15(2)3/h12,14H,4-11H2,1-3H3. The van der Waals surface area contributed by atoms with Crippen LogP contribution in [0.4, 0.5) is 0 Å². The molecule has 2 heterocycles. The topological polar surface area (TPSA) is 27.7 Å². The Kier molecular flexibility index (Phi) is 4.42. The second kappa shape index (κ2) is 5.65. The molecule has 2 rings (SSSR count). The third-order valence-corrected chi connectivity index (χ3v) is 3.90. The van der Waals surface area contributed by atoms with Gasteiger partial charge >= 0.3 is 0 Å². The van der Waals surface area contributed by atoms with E-state index in [1.54, 1.807) is 0 Å². The summed E-state index contributed by atoms with van der Waals surface area (Å²) < 4.78 is 5.96. The van der Waals surface area contributed by atoms with Crippen LogP contribution in [0.15, 0.2) is 0 Å². The number of likely N-dealkylation sites (tertiary alicyclic amines) is 1. The highest BCUT2D eigenvalue weighted by molar-refractivity contribution is 4.90. The zero-order chi connectivity index (χ0) is 12.3. The van der Waals surface area contributed by atoms with Gasteiger partial charge in [0.25, 0.3) is 0 Å². The van der Waals surface area contributed by atoms with Crippen molar-refractivity contribution < 1.29 is 4.74 Å². The van der Waals surface area contributed by atoms with Gasteiger partial charge < -0.3 is 15.0 Å². The molecule has 0 aliphatic carbocycles. The third kappa shape index (κ3) is 3.65. The smallest absolute Gasteiger partial charge is 0.0902 e. The molecule has 0 amide bonds. The molecule has 0 spiro atoms. The number of rotatable bonds is 6. The number of nitrogens with one attached hydrogen (secondary N) is 1. The Morgan fingerprint density at radius 1 is 1.41 bits per heavy atom. The molecule has 0 aromatic carbocycles. The monoisotopic (exact) mass is 241 g/mol. The number of likely N-dealkylation sites (N-methyl/N-ethyl adjacent to an activating group) is 1. The Labute approximate surface area is 105 Å². The van der Waals surface area contributed by atoms with Gasteiger partial charge in [-0.1, -0.05) is 0 Å². The van der Waals surface area contributed by atoms with Gasteiger partial charge in [0.15, 0.2) is 0 Å². The first-order chi connectivity index (χ1) is 8.09. The number of hydrogen-bond donors (Lipinski definition) is 1. The molecule has 4 nitrogen and oxygen atoms in total. The lowest BCUT2D eigenvalue weighted by atomic mass is 10.0. The SMILES string of the molecule is CN(C)CC1CCCN1CCOC1(C)CNC1. The van der Waals surface area contributed by atoms with Crippen molar-refractivity contribution in [2.75, 3.05) is 53.4 Å². The Morgan fingerprint density at radius 2 is 2.18 bits per heavy atom. The Balaban J connectivity index is 1.67. The van der Waals surface area contributed by atoms with Gasteiger partial charge in [0.05, 0.1) is 12.2 Å². The minimum Gasteiger partial charge on any atom is -0.371 e. The van der Waals surface area contributed by atoms with Gasteiger partial charge in [-0.05, 0) is 40.4 Å². The summed E-state index contributed by atoms with van der Waals surface area (Å²) in [5.41, 5.74) is 0.108. The highest BCUT2D eigenvalue weighted by atomic mass is 16.5. The quantitative estimate of drug-likeness (QED) is 0.728. The summed E-state index contributed by atoms with van der Waals surface area (Å²) >= 11 is 0. The van der Waals surface area contributed by atoms with Crippen LogP contribution < -0.4 is 5.32 Å². The van der Waals surface area contributed by atoms with Crippen molar-refractivity contribution in [1.82, 2.24) is 15.1 Å². The fourth-order valence-electron chi connectivity index (χ4n) is 2.81. The molecule has 17 heavy (non-hydrogen) atoms. The van der Waals surface area contributed by atoms with E-state index in [4.69, 9.17) is 4.74 Å². The molecule has 100 valence electrons. The van der Waals surface area contributed by atoms with Crippen LogP contribution >= 0.6 is 0 Å². The molecule has 2 aliphatic rings. The van der Waals surface area contributed by atoms with Crippen LogP contribution in [-0.2, 0) is 4.74 Å². The van der Waals surface area contributed by atoms with E-state index in [0.29, 0.717) is 0 Å². The van der Waals surface area contributed by atoms with Crippen LogP contribution in [0.2, 0.25) is 0 Å². The average Bonchev–Trinajstić information content (AvgIpc) is 2.62. The largest absolute Gasteiger partial charge is 0.371 e. The van der Waals surface area contributed by atoms with Crippen LogP contribution in [-0.4, -0.2) is 74.9 Å². The normalized spacial score (nSPS) is 28.6. The molecule has 1 N–H and O–H groups in total. The maximum atomic E-state index is 5.96. The lowest BCUT2D eigenvalue weighted by molar-refractivity contribution is -0.0731. The molecule has 2 fully saturated rings. The van der Waals surface area contributed by atoms with Gasteiger partial charge in [-0.15, -0.1) is 0 Å². The Morgan fingerprint density at radius 3 is 2.76 bits per heavy atom. The molecule has 0 bridgehead atoms. The number of hydrogen-bond acceptors (Lipinski definition) is 4. The van der Waals surface area contributed by atoms with Crippen molar-refractivity contribution in [2.45, 2.75) is 31.4 Å². The summed E-state index contributed by atoms with van der Waals surface area (Å²) in [6.07, 6.45) is 2.69. The van der Waals surface area contributed by atoms with Gasteiger partial charge in [0.1, 0.15) is 0 Å². The molecule has 1 unspecified atom stereocenters. The van der Waals surface area contributed by atoms with Crippen LogP contribution in [0.25, 0.3) is 0 Å². The van der Waals surface area contributed by atoms with Crippen LogP contribution in [0, 0.1) is 0 Å². The molecule has 2 saturated heterocycles. The molecule has 0 aromatic heterocycles. The van der Waals surface area contributed by atoms with Crippen molar-refractivity contribution in [2.24, 2.45) is 0 Å². The van der Waals surface area contributed by atoms with Gasteiger partial charge in [-0.2, -0.15) is 0 Å². The minimum absolute atomic E-state index is 0.108. The van der Waals surface area contributed by atoms with E-state index in [1.165, 1.54) is 25.9 Å². The van der Waals surface area contributed by atoms with Crippen molar-refractivity contribution in [1.29, 1.82) is 0 Å². The Hall–Kier alpha value is -0.160.